The van der Waals surface area contributed by atoms with Gasteiger partial charge in [-0.1, -0.05) is 13.0 Å². The first-order chi connectivity index (χ1) is 11.2. The molecule has 1 aliphatic rings. The van der Waals surface area contributed by atoms with Gasteiger partial charge in [0.05, 0.1) is 5.69 Å². The van der Waals surface area contributed by atoms with Crippen molar-refractivity contribution in [2.75, 3.05) is 18.0 Å². The van der Waals surface area contributed by atoms with Gasteiger partial charge in [-0.3, -0.25) is 4.68 Å². The Morgan fingerprint density at radius 3 is 2.91 bits per heavy atom. The van der Waals surface area contributed by atoms with E-state index in [9.17, 15) is 0 Å². The third-order valence-electron chi connectivity index (χ3n) is 4.70. The van der Waals surface area contributed by atoms with Gasteiger partial charge in [0.25, 0.3) is 0 Å². The Morgan fingerprint density at radius 2 is 2.17 bits per heavy atom. The summed E-state index contributed by atoms with van der Waals surface area (Å²) in [5.74, 6) is 1.08. The van der Waals surface area contributed by atoms with E-state index in [2.05, 4.69) is 57.9 Å². The molecule has 1 aliphatic heterocycles. The van der Waals surface area contributed by atoms with E-state index in [-0.39, 0.29) is 0 Å². The van der Waals surface area contributed by atoms with Crippen molar-refractivity contribution < 1.29 is 0 Å². The Hall–Kier alpha value is -1.88. The third kappa shape index (κ3) is 3.55. The molecule has 2 aromatic rings. The van der Waals surface area contributed by atoms with Crippen LogP contribution in [-0.2, 0) is 13.1 Å². The lowest BCUT2D eigenvalue weighted by molar-refractivity contribution is 0.546. The molecule has 2 aromatic heterocycles. The fraction of sp³-hybridized carbons (Fsp3) is 0.556. The molecule has 5 nitrogen and oxygen atoms in total. The van der Waals surface area contributed by atoms with E-state index in [1.165, 1.54) is 11.3 Å². The number of aromatic nitrogens is 3. The van der Waals surface area contributed by atoms with Crippen molar-refractivity contribution in [1.82, 2.24) is 20.1 Å². The average molecular weight is 313 g/mol. The van der Waals surface area contributed by atoms with Gasteiger partial charge in [0, 0.05) is 49.7 Å². The number of nitrogens with zero attached hydrogens (tertiary/aromatic N) is 4. The van der Waals surface area contributed by atoms with Crippen LogP contribution >= 0.6 is 0 Å². The lowest BCUT2D eigenvalue weighted by Crippen LogP contribution is -2.32. The summed E-state index contributed by atoms with van der Waals surface area (Å²) < 4.78 is 2.14. The highest BCUT2D eigenvalue weighted by Gasteiger charge is 2.23. The van der Waals surface area contributed by atoms with Crippen molar-refractivity contribution >= 4 is 5.82 Å². The zero-order valence-electron chi connectivity index (χ0n) is 14.4. The number of hydrogen-bond acceptors (Lipinski definition) is 4. The second kappa shape index (κ2) is 7.13. The van der Waals surface area contributed by atoms with Crippen LogP contribution in [0.3, 0.4) is 0 Å². The van der Waals surface area contributed by atoms with Gasteiger partial charge >= 0.3 is 0 Å². The van der Waals surface area contributed by atoms with Gasteiger partial charge in [-0.25, -0.2) is 4.98 Å². The first-order valence-electron chi connectivity index (χ1n) is 8.61. The number of aryl methyl sites for hydroxylation is 2. The molecule has 1 saturated heterocycles. The minimum atomic E-state index is 0.519. The Bertz CT molecular complexity index is 634. The summed E-state index contributed by atoms with van der Waals surface area (Å²) in [4.78, 5) is 6.81. The number of pyridine rings is 1. The number of nitrogens with one attached hydrogen (secondary N) is 1. The minimum absolute atomic E-state index is 0.519. The van der Waals surface area contributed by atoms with Crippen molar-refractivity contribution in [1.29, 1.82) is 0 Å². The lowest BCUT2D eigenvalue weighted by Gasteiger charge is -2.17. The third-order valence-corrected chi connectivity index (χ3v) is 4.70. The summed E-state index contributed by atoms with van der Waals surface area (Å²) in [6, 6.07) is 6.63. The van der Waals surface area contributed by atoms with E-state index >= 15 is 0 Å². The topological polar surface area (TPSA) is 46.0 Å². The zero-order chi connectivity index (χ0) is 16.2. The van der Waals surface area contributed by atoms with E-state index in [0.717, 1.165) is 50.5 Å². The molecule has 1 atom stereocenters. The second-order valence-electron chi connectivity index (χ2n) is 6.37. The maximum atomic E-state index is 4.66. The van der Waals surface area contributed by atoms with Gasteiger partial charge in [-0.05, 0) is 38.8 Å². The molecule has 124 valence electrons. The monoisotopic (exact) mass is 313 g/mol. The molecule has 0 amide bonds. The van der Waals surface area contributed by atoms with Crippen LogP contribution in [0.5, 0.6) is 0 Å². The lowest BCUT2D eigenvalue weighted by atomic mass is 10.1. The average Bonchev–Trinajstić information content (AvgIpc) is 3.13. The normalized spacial score (nSPS) is 17.9. The molecule has 23 heavy (non-hydrogen) atoms. The molecule has 0 aromatic carbocycles. The molecular formula is C18H27N5. The van der Waals surface area contributed by atoms with Crippen molar-refractivity contribution in [2.24, 2.45) is 0 Å². The maximum absolute atomic E-state index is 4.66. The highest BCUT2D eigenvalue weighted by atomic mass is 15.3. The Kier molecular flexibility index (Phi) is 4.96. The minimum Gasteiger partial charge on any atom is -0.355 e. The van der Waals surface area contributed by atoms with E-state index in [1.54, 1.807) is 0 Å². The first kappa shape index (κ1) is 16.0. The van der Waals surface area contributed by atoms with Crippen LogP contribution < -0.4 is 10.2 Å². The summed E-state index contributed by atoms with van der Waals surface area (Å²) in [7, 11) is 0. The summed E-state index contributed by atoms with van der Waals surface area (Å²) in [5, 5.41) is 8.38. The molecule has 0 bridgehead atoms. The van der Waals surface area contributed by atoms with Crippen molar-refractivity contribution in [3.05, 3.63) is 41.3 Å². The van der Waals surface area contributed by atoms with Gasteiger partial charge in [-0.2, -0.15) is 5.10 Å². The van der Waals surface area contributed by atoms with Crippen molar-refractivity contribution in [3.8, 4) is 0 Å². The largest absolute Gasteiger partial charge is 0.355 e. The van der Waals surface area contributed by atoms with E-state index in [0.29, 0.717) is 6.04 Å². The van der Waals surface area contributed by atoms with E-state index in [1.807, 2.05) is 12.3 Å². The Morgan fingerprint density at radius 1 is 1.30 bits per heavy atom. The first-order valence-corrected chi connectivity index (χ1v) is 8.61. The predicted octanol–water partition coefficient (Wildman–Crippen LogP) is 2.67. The van der Waals surface area contributed by atoms with Crippen molar-refractivity contribution in [2.45, 2.75) is 52.7 Å². The molecule has 1 fully saturated rings. The van der Waals surface area contributed by atoms with E-state index in [4.69, 9.17) is 0 Å². The van der Waals surface area contributed by atoms with Gasteiger partial charge in [-0.15, -0.1) is 0 Å². The number of rotatable bonds is 6. The smallest absolute Gasteiger partial charge is 0.128 e. The summed E-state index contributed by atoms with van der Waals surface area (Å²) in [5.41, 5.74) is 3.81. The van der Waals surface area contributed by atoms with Gasteiger partial charge in [0.15, 0.2) is 0 Å². The van der Waals surface area contributed by atoms with Crippen molar-refractivity contribution in [3.63, 3.8) is 0 Å². The fourth-order valence-electron chi connectivity index (χ4n) is 3.34. The highest BCUT2D eigenvalue weighted by molar-refractivity contribution is 5.39. The zero-order valence-corrected chi connectivity index (χ0v) is 14.4. The molecule has 3 rings (SSSR count). The Labute approximate surface area is 138 Å². The van der Waals surface area contributed by atoms with Gasteiger partial charge in [0.2, 0.25) is 0 Å². The maximum Gasteiger partial charge on any atom is 0.128 e. The van der Waals surface area contributed by atoms with Gasteiger partial charge < -0.3 is 10.2 Å². The predicted molar refractivity (Wildman–Crippen MR) is 93.7 cm³/mol. The molecule has 3 heterocycles. The molecular weight excluding hydrogens is 286 g/mol. The number of hydrogen-bond donors (Lipinski definition) is 1. The molecule has 0 unspecified atom stereocenters. The van der Waals surface area contributed by atoms with Crippen LogP contribution in [0.15, 0.2) is 24.4 Å². The summed E-state index contributed by atoms with van der Waals surface area (Å²) >= 11 is 0. The van der Waals surface area contributed by atoms with Crippen LogP contribution in [0.4, 0.5) is 5.82 Å². The molecule has 5 heteroatoms. The fourth-order valence-corrected chi connectivity index (χ4v) is 3.34. The quantitative estimate of drug-likeness (QED) is 0.890. The SMILES string of the molecule is CCCn1nc(C)c(CN[C@@H]2CCN(c3ccccn3)C2)c1C. The molecule has 1 N–H and O–H groups in total. The Balaban J connectivity index is 1.58. The molecule has 0 saturated carbocycles. The standard InChI is InChI=1S/C18H27N5/c1-4-10-23-15(3)17(14(2)21-23)12-20-16-8-11-22(13-16)18-7-5-6-9-19-18/h5-7,9,16,20H,4,8,10-13H2,1-3H3/t16-/m1/s1. The van der Waals surface area contributed by atoms with Crippen LogP contribution in [0.25, 0.3) is 0 Å². The summed E-state index contributed by atoms with van der Waals surface area (Å²) in [6.07, 6.45) is 4.15. The molecule has 0 aliphatic carbocycles. The van der Waals surface area contributed by atoms with E-state index < -0.39 is 0 Å². The summed E-state index contributed by atoms with van der Waals surface area (Å²) in [6.45, 7) is 10.5. The molecule has 0 spiro atoms. The van der Waals surface area contributed by atoms with Crippen LogP contribution in [0, 0.1) is 13.8 Å². The van der Waals surface area contributed by atoms with Gasteiger partial charge in [0.1, 0.15) is 5.82 Å². The highest BCUT2D eigenvalue weighted by Crippen LogP contribution is 2.19. The number of anilines is 1. The van der Waals surface area contributed by atoms with Crippen LogP contribution in [0.2, 0.25) is 0 Å². The molecule has 0 radical (unpaired) electrons. The van der Waals surface area contributed by atoms with Crippen LogP contribution in [-0.4, -0.2) is 33.9 Å². The van der Waals surface area contributed by atoms with Crippen LogP contribution in [0.1, 0.15) is 36.7 Å². The second-order valence-corrected chi connectivity index (χ2v) is 6.37.